The Morgan fingerprint density at radius 1 is 0.897 bits per heavy atom. The second-order valence-electron chi connectivity index (χ2n) is 7.09. The van der Waals surface area contributed by atoms with E-state index in [0.717, 1.165) is 56.3 Å². The van der Waals surface area contributed by atoms with Crippen LogP contribution in [0.5, 0.6) is 0 Å². The van der Waals surface area contributed by atoms with E-state index in [1.54, 1.807) is 6.20 Å². The summed E-state index contributed by atoms with van der Waals surface area (Å²) in [7, 11) is 0. The van der Waals surface area contributed by atoms with Gasteiger partial charge < -0.3 is 15.1 Å². The molecule has 2 aromatic heterocycles. The summed E-state index contributed by atoms with van der Waals surface area (Å²) in [5, 5.41) is 12.0. The third-order valence-corrected chi connectivity index (χ3v) is 5.34. The van der Waals surface area contributed by atoms with Crippen LogP contribution < -0.4 is 15.1 Å². The molecule has 7 nitrogen and oxygen atoms in total. The van der Waals surface area contributed by atoms with Crippen LogP contribution in [0.2, 0.25) is 0 Å². The highest BCUT2D eigenvalue weighted by molar-refractivity contribution is 5.65. The molecule has 1 aliphatic rings. The molecule has 0 spiro atoms. The molecule has 0 bridgehead atoms. The van der Waals surface area contributed by atoms with Crippen LogP contribution >= 0.6 is 0 Å². The van der Waals surface area contributed by atoms with E-state index >= 15 is 0 Å². The third kappa shape index (κ3) is 4.29. The molecule has 1 N–H and O–H groups in total. The fraction of sp³-hybridized carbons (Fsp3) is 0.364. The first kappa shape index (κ1) is 19.1. The number of para-hydroxylation sites is 1. The predicted octanol–water partition coefficient (Wildman–Crippen LogP) is 3.46. The van der Waals surface area contributed by atoms with Crippen molar-refractivity contribution in [3.63, 3.8) is 0 Å². The van der Waals surface area contributed by atoms with Gasteiger partial charge in [0.1, 0.15) is 5.82 Å². The molecule has 7 heteroatoms. The van der Waals surface area contributed by atoms with Gasteiger partial charge in [-0.3, -0.25) is 0 Å². The number of anilines is 4. The van der Waals surface area contributed by atoms with Gasteiger partial charge in [0.25, 0.3) is 0 Å². The highest BCUT2D eigenvalue weighted by Gasteiger charge is 2.20. The minimum absolute atomic E-state index is 0.669. The number of piperazine rings is 1. The van der Waals surface area contributed by atoms with E-state index in [4.69, 9.17) is 4.98 Å². The summed E-state index contributed by atoms with van der Waals surface area (Å²) in [4.78, 5) is 13.7. The van der Waals surface area contributed by atoms with Gasteiger partial charge in [0, 0.05) is 38.1 Å². The molecule has 0 amide bonds. The van der Waals surface area contributed by atoms with Crippen LogP contribution in [0.25, 0.3) is 0 Å². The number of rotatable bonds is 6. The lowest BCUT2D eigenvalue weighted by molar-refractivity contribution is 0.630. The molecule has 0 aliphatic carbocycles. The Kier molecular flexibility index (Phi) is 5.84. The quantitative estimate of drug-likeness (QED) is 0.692. The zero-order valence-corrected chi connectivity index (χ0v) is 17.0. The van der Waals surface area contributed by atoms with Crippen LogP contribution in [-0.4, -0.2) is 46.3 Å². The summed E-state index contributed by atoms with van der Waals surface area (Å²) in [6.07, 6.45) is 5.47. The van der Waals surface area contributed by atoms with Crippen LogP contribution in [0, 0.1) is 0 Å². The minimum atomic E-state index is 0.669. The largest absolute Gasteiger partial charge is 0.353 e. The maximum Gasteiger partial charge on any atom is 0.247 e. The Bertz CT molecular complexity index is 915. The van der Waals surface area contributed by atoms with Gasteiger partial charge in [-0.05, 0) is 36.1 Å². The maximum absolute atomic E-state index is 4.75. The molecule has 0 atom stereocenters. The van der Waals surface area contributed by atoms with Crippen molar-refractivity contribution in [2.75, 3.05) is 41.3 Å². The highest BCUT2D eigenvalue weighted by Crippen LogP contribution is 2.26. The SMILES string of the molecule is CCc1cccc(CC)c1Nc1cnnc(N2CCN(c3ccccn3)CC2)n1. The van der Waals surface area contributed by atoms with E-state index in [-0.39, 0.29) is 0 Å². The van der Waals surface area contributed by atoms with Crippen LogP contribution in [0.4, 0.5) is 23.3 Å². The lowest BCUT2D eigenvalue weighted by atomic mass is 10.0. The molecular weight excluding hydrogens is 362 g/mol. The smallest absolute Gasteiger partial charge is 0.247 e. The van der Waals surface area contributed by atoms with Gasteiger partial charge >= 0.3 is 0 Å². The molecule has 0 unspecified atom stereocenters. The first-order valence-electron chi connectivity index (χ1n) is 10.3. The molecule has 1 aliphatic heterocycles. The van der Waals surface area contributed by atoms with Crippen molar-refractivity contribution >= 4 is 23.3 Å². The first-order valence-corrected chi connectivity index (χ1v) is 10.3. The Morgan fingerprint density at radius 3 is 2.28 bits per heavy atom. The minimum Gasteiger partial charge on any atom is -0.353 e. The Labute approximate surface area is 171 Å². The van der Waals surface area contributed by atoms with E-state index < -0.39 is 0 Å². The van der Waals surface area contributed by atoms with Gasteiger partial charge in [-0.15, -0.1) is 5.10 Å². The van der Waals surface area contributed by atoms with Crippen molar-refractivity contribution < 1.29 is 0 Å². The lowest BCUT2D eigenvalue weighted by Crippen LogP contribution is -2.47. The first-order chi connectivity index (χ1) is 14.3. The standard InChI is InChI=1S/C22H27N7/c1-3-17-8-7-9-18(4-2)21(17)25-19-16-24-27-22(26-19)29-14-12-28(13-15-29)20-10-5-6-11-23-20/h5-11,16H,3-4,12-15H2,1-2H3,(H,25,26,27). The number of aromatic nitrogens is 4. The van der Waals surface area contributed by atoms with E-state index in [2.05, 4.69) is 68.4 Å². The average Bonchev–Trinajstić information content (AvgIpc) is 2.80. The normalized spacial score (nSPS) is 14.1. The fourth-order valence-corrected chi connectivity index (χ4v) is 3.70. The molecule has 1 aromatic carbocycles. The number of hydrogen-bond acceptors (Lipinski definition) is 7. The monoisotopic (exact) mass is 389 g/mol. The van der Waals surface area contributed by atoms with Gasteiger partial charge in [0.15, 0.2) is 5.82 Å². The molecule has 1 fully saturated rings. The van der Waals surface area contributed by atoms with Crippen LogP contribution in [0.1, 0.15) is 25.0 Å². The molecular formula is C22H27N7. The molecule has 150 valence electrons. The number of hydrogen-bond donors (Lipinski definition) is 1. The number of nitrogens with zero attached hydrogens (tertiary/aromatic N) is 6. The maximum atomic E-state index is 4.75. The number of aryl methyl sites for hydroxylation is 2. The van der Waals surface area contributed by atoms with Crippen molar-refractivity contribution in [3.05, 3.63) is 59.9 Å². The molecule has 29 heavy (non-hydrogen) atoms. The summed E-state index contributed by atoms with van der Waals surface area (Å²) < 4.78 is 0. The second kappa shape index (κ2) is 8.86. The van der Waals surface area contributed by atoms with Crippen molar-refractivity contribution in [1.29, 1.82) is 0 Å². The zero-order valence-electron chi connectivity index (χ0n) is 17.0. The highest BCUT2D eigenvalue weighted by atomic mass is 15.4. The molecule has 0 saturated carbocycles. The van der Waals surface area contributed by atoms with Crippen LogP contribution in [0.15, 0.2) is 48.8 Å². The Hall–Kier alpha value is -3.22. The van der Waals surface area contributed by atoms with Gasteiger partial charge in [0.2, 0.25) is 5.95 Å². The number of pyridine rings is 1. The van der Waals surface area contributed by atoms with Gasteiger partial charge in [-0.1, -0.05) is 38.1 Å². The molecule has 1 saturated heterocycles. The van der Waals surface area contributed by atoms with E-state index in [9.17, 15) is 0 Å². The van der Waals surface area contributed by atoms with Crippen LogP contribution in [0.3, 0.4) is 0 Å². The zero-order chi connectivity index (χ0) is 20.1. The Balaban J connectivity index is 1.48. The Morgan fingerprint density at radius 2 is 1.62 bits per heavy atom. The van der Waals surface area contributed by atoms with Crippen molar-refractivity contribution in [3.8, 4) is 0 Å². The fourth-order valence-electron chi connectivity index (χ4n) is 3.70. The molecule has 3 heterocycles. The number of benzene rings is 1. The third-order valence-electron chi connectivity index (χ3n) is 5.34. The second-order valence-corrected chi connectivity index (χ2v) is 7.09. The summed E-state index contributed by atoms with van der Waals surface area (Å²) >= 11 is 0. The van der Waals surface area contributed by atoms with E-state index in [1.807, 2.05) is 18.3 Å². The van der Waals surface area contributed by atoms with Gasteiger partial charge in [-0.2, -0.15) is 10.1 Å². The average molecular weight is 390 g/mol. The molecule has 4 rings (SSSR count). The van der Waals surface area contributed by atoms with Crippen LogP contribution in [-0.2, 0) is 12.8 Å². The molecule has 3 aromatic rings. The van der Waals surface area contributed by atoms with Crippen molar-refractivity contribution in [2.24, 2.45) is 0 Å². The van der Waals surface area contributed by atoms with E-state index in [0.29, 0.717) is 5.95 Å². The van der Waals surface area contributed by atoms with Crippen molar-refractivity contribution in [2.45, 2.75) is 26.7 Å². The summed E-state index contributed by atoms with van der Waals surface area (Å²) in [5.74, 6) is 2.42. The summed E-state index contributed by atoms with van der Waals surface area (Å²) in [5.41, 5.74) is 3.71. The topological polar surface area (TPSA) is 70.1 Å². The van der Waals surface area contributed by atoms with Gasteiger partial charge in [0.05, 0.1) is 6.20 Å². The number of nitrogens with one attached hydrogen (secondary N) is 1. The molecule has 0 radical (unpaired) electrons. The lowest BCUT2D eigenvalue weighted by Gasteiger charge is -2.35. The predicted molar refractivity (Wildman–Crippen MR) is 117 cm³/mol. The van der Waals surface area contributed by atoms with E-state index in [1.165, 1.54) is 11.1 Å². The summed E-state index contributed by atoms with van der Waals surface area (Å²) in [6.45, 7) is 7.80. The van der Waals surface area contributed by atoms with Crippen molar-refractivity contribution in [1.82, 2.24) is 20.2 Å². The summed E-state index contributed by atoms with van der Waals surface area (Å²) in [6, 6.07) is 12.5. The van der Waals surface area contributed by atoms with Gasteiger partial charge in [-0.25, -0.2) is 4.98 Å².